The molecule has 0 radical (unpaired) electrons. The third-order valence-corrected chi connectivity index (χ3v) is 7.96. The van der Waals surface area contributed by atoms with Crippen molar-refractivity contribution in [3.8, 4) is 11.3 Å². The van der Waals surface area contributed by atoms with Gasteiger partial charge in [-0.15, -0.1) is 0 Å². The van der Waals surface area contributed by atoms with Gasteiger partial charge in [0.1, 0.15) is 11.8 Å². The molecule has 4 atom stereocenters. The van der Waals surface area contributed by atoms with Crippen molar-refractivity contribution in [3.63, 3.8) is 0 Å². The van der Waals surface area contributed by atoms with Crippen LogP contribution in [0.4, 0.5) is 13.2 Å². The minimum Gasteiger partial charge on any atom is -0.481 e. The Morgan fingerprint density at radius 3 is 2.45 bits per heavy atom. The molecule has 2 aliphatic rings. The lowest BCUT2D eigenvalue weighted by atomic mass is 9.68. The number of carbonyl (C=O) groups excluding carboxylic acids is 2. The number of furan rings is 1. The van der Waals surface area contributed by atoms with Gasteiger partial charge in [-0.2, -0.15) is 13.2 Å². The lowest BCUT2D eigenvalue weighted by Crippen LogP contribution is -2.59. The summed E-state index contributed by atoms with van der Waals surface area (Å²) in [6, 6.07) is 3.99. The standard InChI is InChI=1S/C28H33ClF3N3O5/c1-26(2,3)34-16-6-10-22(27(4,14-16)25(38)39)35-12-11-19(24(35)37)33-23(36)21-9-8-20(40-21)17-13-15(28(30,31)32)5-7-18(17)29/h5,7-9,13,16,19,22,34H,6,10-12,14H2,1-4H3,(H,33,36)(H,38,39)/t16?,19-,22?,27?/m0/s1. The summed E-state index contributed by atoms with van der Waals surface area (Å²) in [5, 5.41) is 16.3. The second-order valence-electron chi connectivity index (χ2n) is 11.8. The zero-order valence-corrected chi connectivity index (χ0v) is 23.4. The van der Waals surface area contributed by atoms with Crippen molar-refractivity contribution < 1.29 is 37.1 Å². The van der Waals surface area contributed by atoms with Crippen molar-refractivity contribution in [2.24, 2.45) is 5.41 Å². The molecule has 2 fully saturated rings. The number of halogens is 4. The van der Waals surface area contributed by atoms with Crippen molar-refractivity contribution in [1.82, 2.24) is 15.5 Å². The summed E-state index contributed by atoms with van der Waals surface area (Å²) >= 11 is 6.08. The van der Waals surface area contributed by atoms with Gasteiger partial charge in [0.2, 0.25) is 5.91 Å². The molecule has 1 aliphatic heterocycles. The summed E-state index contributed by atoms with van der Waals surface area (Å²) in [5.74, 6) is -2.29. The highest BCUT2D eigenvalue weighted by atomic mass is 35.5. The smallest absolute Gasteiger partial charge is 0.416 e. The first kappa shape index (κ1) is 29.9. The van der Waals surface area contributed by atoms with Crippen LogP contribution in [0.1, 0.15) is 69.5 Å². The minimum absolute atomic E-state index is 0.0102. The summed E-state index contributed by atoms with van der Waals surface area (Å²) in [7, 11) is 0. The fourth-order valence-corrected chi connectivity index (χ4v) is 5.97. The number of alkyl halides is 3. The number of carbonyl (C=O) groups is 3. The molecule has 1 aromatic heterocycles. The van der Waals surface area contributed by atoms with E-state index >= 15 is 0 Å². The van der Waals surface area contributed by atoms with E-state index in [9.17, 15) is 32.7 Å². The van der Waals surface area contributed by atoms with E-state index in [2.05, 4.69) is 10.6 Å². The number of rotatable bonds is 6. The highest BCUT2D eigenvalue weighted by Gasteiger charge is 2.52. The van der Waals surface area contributed by atoms with Gasteiger partial charge in [0.25, 0.3) is 5.91 Å². The van der Waals surface area contributed by atoms with Crippen molar-refractivity contribution in [2.45, 2.75) is 83.2 Å². The van der Waals surface area contributed by atoms with Gasteiger partial charge in [0, 0.05) is 29.7 Å². The van der Waals surface area contributed by atoms with Crippen LogP contribution in [0.5, 0.6) is 0 Å². The van der Waals surface area contributed by atoms with Crippen LogP contribution < -0.4 is 10.6 Å². The number of hydrogen-bond acceptors (Lipinski definition) is 5. The van der Waals surface area contributed by atoms with Crippen LogP contribution >= 0.6 is 11.6 Å². The number of nitrogens with one attached hydrogen (secondary N) is 2. The van der Waals surface area contributed by atoms with Crippen LogP contribution in [0.25, 0.3) is 11.3 Å². The number of amides is 2. The molecule has 1 aliphatic carbocycles. The first-order valence-electron chi connectivity index (χ1n) is 13.1. The maximum absolute atomic E-state index is 13.3. The Bertz CT molecular complexity index is 1300. The second-order valence-corrected chi connectivity index (χ2v) is 12.2. The normalized spacial score (nSPS) is 25.8. The van der Waals surface area contributed by atoms with E-state index in [1.54, 1.807) is 11.8 Å². The molecule has 0 spiro atoms. The average Bonchev–Trinajstić information content (AvgIpc) is 3.45. The van der Waals surface area contributed by atoms with Crippen molar-refractivity contribution >= 4 is 29.4 Å². The molecule has 3 N–H and O–H groups in total. The van der Waals surface area contributed by atoms with Gasteiger partial charge in [-0.1, -0.05) is 11.6 Å². The Balaban J connectivity index is 1.46. The summed E-state index contributed by atoms with van der Waals surface area (Å²) in [6.07, 6.45) is -2.73. The monoisotopic (exact) mass is 583 g/mol. The Morgan fingerprint density at radius 1 is 1.12 bits per heavy atom. The van der Waals surface area contributed by atoms with E-state index in [1.807, 2.05) is 20.8 Å². The molecule has 218 valence electrons. The molecule has 0 bridgehead atoms. The van der Waals surface area contributed by atoms with E-state index in [4.69, 9.17) is 16.0 Å². The van der Waals surface area contributed by atoms with Crippen molar-refractivity contribution in [3.05, 3.63) is 46.7 Å². The van der Waals surface area contributed by atoms with Gasteiger partial charge in [-0.05, 0) is 83.7 Å². The number of aliphatic carboxylic acids is 1. The van der Waals surface area contributed by atoms with Crippen LogP contribution in [0.15, 0.2) is 34.7 Å². The molecule has 3 unspecified atom stereocenters. The molecule has 8 nitrogen and oxygen atoms in total. The number of hydrogen-bond donors (Lipinski definition) is 3. The zero-order chi connectivity index (χ0) is 29.6. The number of likely N-dealkylation sites (tertiary alicyclic amines) is 1. The van der Waals surface area contributed by atoms with Gasteiger partial charge < -0.3 is 25.1 Å². The van der Waals surface area contributed by atoms with Crippen LogP contribution in [0.2, 0.25) is 5.02 Å². The molecule has 12 heteroatoms. The fourth-order valence-electron chi connectivity index (χ4n) is 5.76. The lowest BCUT2D eigenvalue weighted by Gasteiger charge is -2.47. The highest BCUT2D eigenvalue weighted by Crippen LogP contribution is 2.42. The summed E-state index contributed by atoms with van der Waals surface area (Å²) in [4.78, 5) is 40.2. The molecule has 1 saturated carbocycles. The van der Waals surface area contributed by atoms with Crippen LogP contribution in [-0.2, 0) is 15.8 Å². The fraction of sp³-hybridized carbons (Fsp3) is 0.536. The second kappa shape index (κ2) is 10.7. The van der Waals surface area contributed by atoms with E-state index in [1.165, 1.54) is 12.1 Å². The van der Waals surface area contributed by atoms with Gasteiger partial charge in [0.15, 0.2) is 5.76 Å². The number of carboxylic acids is 1. The van der Waals surface area contributed by atoms with Gasteiger partial charge >= 0.3 is 12.1 Å². The quantitative estimate of drug-likeness (QED) is 0.423. The molecule has 1 aromatic carbocycles. The molecule has 4 rings (SSSR count). The number of carboxylic acid groups (broad SMARTS) is 1. The molecule has 40 heavy (non-hydrogen) atoms. The van der Waals surface area contributed by atoms with Gasteiger partial charge in [-0.3, -0.25) is 14.4 Å². The Kier molecular flexibility index (Phi) is 8.03. The SMILES string of the molecule is CC(C)(C)NC1CCC(N2CC[C@H](NC(=O)c3ccc(-c4cc(C(F)(F)F)ccc4Cl)o3)C2=O)C(C)(C(=O)O)C1. The molecular formula is C28H33ClF3N3O5. The molecule has 2 aromatic rings. The first-order valence-corrected chi connectivity index (χ1v) is 13.5. The van der Waals surface area contributed by atoms with E-state index in [0.717, 1.165) is 18.2 Å². The predicted molar refractivity (Wildman–Crippen MR) is 142 cm³/mol. The third-order valence-electron chi connectivity index (χ3n) is 7.63. The van der Waals surface area contributed by atoms with E-state index < -0.39 is 41.1 Å². The largest absolute Gasteiger partial charge is 0.481 e. The number of nitrogens with zero attached hydrogens (tertiary/aromatic N) is 1. The van der Waals surface area contributed by atoms with Crippen molar-refractivity contribution in [1.29, 1.82) is 0 Å². The van der Waals surface area contributed by atoms with Crippen molar-refractivity contribution in [2.75, 3.05) is 6.54 Å². The third kappa shape index (κ3) is 6.15. The van der Waals surface area contributed by atoms with E-state index in [0.29, 0.717) is 19.3 Å². The first-order chi connectivity index (χ1) is 18.5. The van der Waals surface area contributed by atoms with E-state index in [-0.39, 0.29) is 52.6 Å². The zero-order valence-electron chi connectivity index (χ0n) is 22.7. The summed E-state index contributed by atoms with van der Waals surface area (Å²) in [6.45, 7) is 8.01. The molecule has 2 heterocycles. The maximum Gasteiger partial charge on any atom is 0.416 e. The molecular weight excluding hydrogens is 551 g/mol. The molecule has 1 saturated heterocycles. The topological polar surface area (TPSA) is 112 Å². The Hall–Kier alpha value is -3.05. The summed E-state index contributed by atoms with van der Waals surface area (Å²) < 4.78 is 44.9. The number of benzene rings is 1. The lowest BCUT2D eigenvalue weighted by molar-refractivity contribution is -0.158. The maximum atomic E-state index is 13.3. The Labute approximate surface area is 235 Å². The minimum atomic E-state index is -4.58. The molecule has 2 amide bonds. The van der Waals surface area contributed by atoms with Crippen LogP contribution in [-0.4, -0.2) is 58.0 Å². The highest BCUT2D eigenvalue weighted by molar-refractivity contribution is 6.33. The van der Waals surface area contributed by atoms with Crippen LogP contribution in [0.3, 0.4) is 0 Å². The van der Waals surface area contributed by atoms with Crippen LogP contribution in [0, 0.1) is 5.41 Å². The predicted octanol–water partition coefficient (Wildman–Crippen LogP) is 5.35. The van der Waals surface area contributed by atoms with Gasteiger partial charge in [-0.25, -0.2) is 0 Å². The Morgan fingerprint density at radius 2 is 1.82 bits per heavy atom. The summed E-state index contributed by atoms with van der Waals surface area (Å²) in [5.41, 5.74) is -2.30. The van der Waals surface area contributed by atoms with Gasteiger partial charge in [0.05, 0.1) is 16.0 Å². The average molecular weight is 584 g/mol.